The number of aromatic nitrogens is 3. The number of benzene rings is 2. The third-order valence-electron chi connectivity index (χ3n) is 8.91. The highest BCUT2D eigenvalue weighted by molar-refractivity contribution is 6.03. The first-order valence-electron chi connectivity index (χ1n) is 13.9. The van der Waals surface area contributed by atoms with Crippen molar-refractivity contribution in [1.82, 2.24) is 14.8 Å². The molecule has 2 aliphatic heterocycles. The van der Waals surface area contributed by atoms with E-state index in [4.69, 9.17) is 0 Å². The van der Waals surface area contributed by atoms with Crippen LogP contribution in [0, 0.1) is 0 Å². The number of nitrogens with zero attached hydrogens (tertiary/aromatic N) is 5. The summed E-state index contributed by atoms with van der Waals surface area (Å²) >= 11 is 0. The van der Waals surface area contributed by atoms with E-state index in [1.807, 2.05) is 11.0 Å². The summed E-state index contributed by atoms with van der Waals surface area (Å²) in [5, 5.41) is 4.58. The van der Waals surface area contributed by atoms with Gasteiger partial charge in [-0.1, -0.05) is 62.4 Å². The summed E-state index contributed by atoms with van der Waals surface area (Å²) in [6, 6.07) is 17.5. The van der Waals surface area contributed by atoms with Gasteiger partial charge in [0.15, 0.2) is 5.71 Å². The largest absolute Gasteiger partial charge is 0.347 e. The molecule has 3 aliphatic rings. The standard InChI is InChI=1S/C34H38N5/c1-33(2)26-14-7-9-16-28(26)37(5)30(33)20-18-24-12-11-13-25(32(24)39-23-35-22-36-39)19-21-31-34(3,4)27-15-8-10-17-29(27)38(31)6/h7-10,14-23H,11-13H2,1-6H3/q+1. The predicted molar refractivity (Wildman–Crippen MR) is 161 cm³/mol. The molecule has 5 heteroatoms. The van der Waals surface area contributed by atoms with Crippen LogP contribution in [0.2, 0.25) is 0 Å². The van der Waals surface area contributed by atoms with Crippen LogP contribution in [0.5, 0.6) is 0 Å². The zero-order valence-corrected chi connectivity index (χ0v) is 23.9. The Bertz CT molecular complexity index is 1590. The van der Waals surface area contributed by atoms with Gasteiger partial charge in [0.25, 0.3) is 0 Å². The summed E-state index contributed by atoms with van der Waals surface area (Å²) in [6.45, 7) is 9.27. The van der Waals surface area contributed by atoms with Crippen LogP contribution < -0.4 is 4.90 Å². The summed E-state index contributed by atoms with van der Waals surface area (Å²) in [5.41, 5.74) is 11.6. The van der Waals surface area contributed by atoms with Crippen LogP contribution in [0.25, 0.3) is 5.70 Å². The van der Waals surface area contributed by atoms with E-state index in [1.54, 1.807) is 6.33 Å². The number of para-hydroxylation sites is 2. The molecule has 5 nitrogen and oxygen atoms in total. The highest BCUT2D eigenvalue weighted by atomic mass is 15.3. The summed E-state index contributed by atoms with van der Waals surface area (Å²) in [6.07, 6.45) is 15.9. The molecule has 0 N–H and O–H groups in total. The summed E-state index contributed by atoms with van der Waals surface area (Å²) in [4.78, 5) is 6.63. The molecule has 3 heterocycles. The van der Waals surface area contributed by atoms with Gasteiger partial charge in [-0.3, -0.25) is 0 Å². The van der Waals surface area contributed by atoms with Gasteiger partial charge in [0.1, 0.15) is 19.7 Å². The van der Waals surface area contributed by atoms with Crippen molar-refractivity contribution in [1.29, 1.82) is 0 Å². The molecule has 1 aromatic heterocycles. The summed E-state index contributed by atoms with van der Waals surface area (Å²) in [7, 11) is 4.35. The highest BCUT2D eigenvalue weighted by Crippen LogP contribution is 2.47. The number of rotatable bonds is 4. The van der Waals surface area contributed by atoms with E-state index in [0.717, 1.165) is 25.0 Å². The molecule has 1 aliphatic carbocycles. The molecule has 39 heavy (non-hydrogen) atoms. The number of hydrogen-bond donors (Lipinski definition) is 0. The molecule has 0 saturated carbocycles. The monoisotopic (exact) mass is 516 g/mol. The molecule has 0 radical (unpaired) electrons. The fourth-order valence-electron chi connectivity index (χ4n) is 6.82. The Hall–Kier alpha value is -3.99. The van der Waals surface area contributed by atoms with Crippen LogP contribution in [-0.4, -0.2) is 39.1 Å². The first kappa shape index (κ1) is 25.3. The lowest BCUT2D eigenvalue weighted by molar-refractivity contribution is -0.401. The van der Waals surface area contributed by atoms with Crippen molar-refractivity contribution >= 4 is 22.8 Å². The van der Waals surface area contributed by atoms with Crippen LogP contribution in [0.1, 0.15) is 58.1 Å². The summed E-state index contributed by atoms with van der Waals surface area (Å²) < 4.78 is 4.28. The average Bonchev–Trinajstić information content (AvgIpc) is 3.58. The van der Waals surface area contributed by atoms with Crippen molar-refractivity contribution in [2.75, 3.05) is 19.0 Å². The Morgan fingerprint density at radius 1 is 0.872 bits per heavy atom. The molecule has 0 atom stereocenters. The van der Waals surface area contributed by atoms with Gasteiger partial charge in [0, 0.05) is 41.6 Å². The lowest BCUT2D eigenvalue weighted by atomic mass is 9.81. The molecule has 6 rings (SSSR count). The molecule has 0 unspecified atom stereocenters. The first-order valence-corrected chi connectivity index (χ1v) is 13.9. The van der Waals surface area contributed by atoms with Gasteiger partial charge in [-0.05, 0) is 62.0 Å². The Labute approximate surface area is 232 Å². The van der Waals surface area contributed by atoms with Gasteiger partial charge in [0.2, 0.25) is 5.69 Å². The van der Waals surface area contributed by atoms with Crippen LogP contribution in [-0.2, 0) is 10.8 Å². The van der Waals surface area contributed by atoms with E-state index in [2.05, 4.69) is 134 Å². The average molecular weight is 517 g/mol. The van der Waals surface area contributed by atoms with Gasteiger partial charge in [-0.2, -0.15) is 9.67 Å². The van der Waals surface area contributed by atoms with Gasteiger partial charge < -0.3 is 4.90 Å². The fraction of sp³-hybridized carbons (Fsp3) is 0.324. The molecule has 0 bridgehead atoms. The van der Waals surface area contributed by atoms with Crippen molar-refractivity contribution in [2.24, 2.45) is 0 Å². The molecule has 0 fully saturated rings. The molecule has 2 aromatic carbocycles. The zero-order chi connectivity index (χ0) is 27.4. The smallest absolute Gasteiger partial charge is 0.209 e. The number of fused-ring (bicyclic) bond motifs is 2. The van der Waals surface area contributed by atoms with E-state index in [0.29, 0.717) is 0 Å². The van der Waals surface area contributed by atoms with Crippen molar-refractivity contribution in [3.8, 4) is 0 Å². The Morgan fingerprint density at radius 2 is 1.62 bits per heavy atom. The minimum absolute atomic E-state index is 0.0543. The third kappa shape index (κ3) is 4.03. The maximum Gasteiger partial charge on any atom is 0.209 e. The minimum Gasteiger partial charge on any atom is -0.347 e. The van der Waals surface area contributed by atoms with Gasteiger partial charge in [-0.25, -0.2) is 9.67 Å². The maximum absolute atomic E-state index is 4.58. The quantitative estimate of drug-likeness (QED) is 0.345. The minimum atomic E-state index is -0.0543. The molecule has 198 valence electrons. The lowest BCUT2D eigenvalue weighted by Gasteiger charge is -2.25. The van der Waals surface area contributed by atoms with Crippen LogP contribution in [0.15, 0.2) is 102 Å². The first-order chi connectivity index (χ1) is 18.7. The molecule has 0 saturated heterocycles. The Morgan fingerprint density at radius 3 is 2.33 bits per heavy atom. The van der Waals surface area contributed by atoms with Gasteiger partial charge >= 0.3 is 0 Å². The second-order valence-corrected chi connectivity index (χ2v) is 11.9. The van der Waals surface area contributed by atoms with Gasteiger partial charge in [0.05, 0.1) is 11.1 Å². The molecule has 0 spiro atoms. The van der Waals surface area contributed by atoms with Crippen molar-refractivity contribution < 1.29 is 4.58 Å². The second-order valence-electron chi connectivity index (χ2n) is 11.9. The van der Waals surface area contributed by atoms with E-state index >= 15 is 0 Å². The van der Waals surface area contributed by atoms with E-state index in [-0.39, 0.29) is 10.8 Å². The molecular weight excluding hydrogens is 478 g/mol. The maximum atomic E-state index is 4.58. The second kappa shape index (κ2) is 9.33. The normalized spacial score (nSPS) is 21.9. The van der Waals surface area contributed by atoms with Gasteiger partial charge in [-0.15, -0.1) is 0 Å². The van der Waals surface area contributed by atoms with Crippen molar-refractivity contribution in [3.63, 3.8) is 0 Å². The van der Waals surface area contributed by atoms with E-state index in [1.165, 1.54) is 45.1 Å². The van der Waals surface area contributed by atoms with E-state index < -0.39 is 0 Å². The Kier molecular flexibility index (Phi) is 6.05. The fourth-order valence-corrected chi connectivity index (χ4v) is 6.82. The third-order valence-corrected chi connectivity index (χ3v) is 8.91. The van der Waals surface area contributed by atoms with E-state index in [9.17, 15) is 0 Å². The predicted octanol–water partition coefficient (Wildman–Crippen LogP) is 7.17. The van der Waals surface area contributed by atoms with Crippen molar-refractivity contribution in [3.05, 3.63) is 113 Å². The molecule has 0 amide bonds. The number of allylic oxidation sites excluding steroid dienone is 8. The number of likely N-dealkylation sites (N-methyl/N-ethyl adjacent to an activating group) is 1. The zero-order valence-electron chi connectivity index (χ0n) is 23.9. The topological polar surface area (TPSA) is 37.0 Å². The van der Waals surface area contributed by atoms with Crippen molar-refractivity contribution in [2.45, 2.75) is 57.8 Å². The highest BCUT2D eigenvalue weighted by Gasteiger charge is 2.42. The molecular formula is C34H38N5+. The SMILES string of the molecule is CN1/C(=C/C=C2CCCC(/C=C/C3=[N+](C)c4ccccc4C3(C)C)=C2n2cncn2)C(C)(C)c2ccccc21. The Balaban J connectivity index is 1.42. The van der Waals surface area contributed by atoms with Crippen LogP contribution >= 0.6 is 0 Å². The van der Waals surface area contributed by atoms with Crippen LogP contribution in [0.4, 0.5) is 11.4 Å². The van der Waals surface area contributed by atoms with Crippen LogP contribution in [0.3, 0.4) is 0 Å². The molecule has 3 aromatic rings. The number of hydrogen-bond acceptors (Lipinski definition) is 3. The number of anilines is 1. The lowest BCUT2D eigenvalue weighted by Crippen LogP contribution is -2.26. The summed E-state index contributed by atoms with van der Waals surface area (Å²) in [5.74, 6) is 0.